The van der Waals surface area contributed by atoms with Gasteiger partial charge in [-0.1, -0.05) is 30.3 Å². The molecule has 2 aromatic carbocycles. The van der Waals surface area contributed by atoms with Gasteiger partial charge in [0, 0.05) is 25.1 Å². The van der Waals surface area contributed by atoms with E-state index in [1.807, 2.05) is 67.2 Å². The lowest BCUT2D eigenvalue weighted by Crippen LogP contribution is -2.03. The van der Waals surface area contributed by atoms with Crippen molar-refractivity contribution >= 4 is 28.5 Å². The Balaban J connectivity index is 1.59. The summed E-state index contributed by atoms with van der Waals surface area (Å²) in [6.07, 6.45) is 3.95. The number of carbonyl (C=O) groups is 1. The molecule has 1 aliphatic rings. The third-order valence-corrected chi connectivity index (χ3v) is 5.44. The fraction of sp³-hybridized carbons (Fsp3) is 0.125. The number of allylic oxidation sites excluding steroid dienone is 1. The summed E-state index contributed by atoms with van der Waals surface area (Å²) in [6.45, 7) is 2.01. The van der Waals surface area contributed by atoms with Gasteiger partial charge < -0.3 is 9.84 Å². The maximum absolute atomic E-state index is 11.6. The summed E-state index contributed by atoms with van der Waals surface area (Å²) in [7, 11) is 1.89. The van der Waals surface area contributed by atoms with Gasteiger partial charge in [0.15, 0.2) is 5.75 Å². The van der Waals surface area contributed by atoms with Gasteiger partial charge in [-0.05, 0) is 47.9 Å². The van der Waals surface area contributed by atoms with E-state index in [1.54, 1.807) is 6.07 Å². The molecule has 1 aliphatic carbocycles. The lowest BCUT2D eigenvalue weighted by Gasteiger charge is -2.10. The molecule has 0 unspecified atom stereocenters. The second kappa shape index (κ2) is 6.84. The molecule has 2 heterocycles. The number of ether oxygens (including phenoxy) is 1. The van der Waals surface area contributed by atoms with Crippen molar-refractivity contribution in [2.45, 2.75) is 13.3 Å². The standard InChI is InChI=1S/C24H19N3O3/c1-14-6-3-4-8-20(14)30-21-9-5-7-17-22(26-27(2)23(17)21)15-12-18-16(24(28)29)10-11-25-19(18)13-15/h3-11,13H,12H2,1-2H3,(H,28,29). The van der Waals surface area contributed by atoms with Crippen LogP contribution in [-0.4, -0.2) is 25.8 Å². The number of para-hydroxylation sites is 2. The first-order valence-corrected chi connectivity index (χ1v) is 9.64. The molecule has 0 bridgehead atoms. The molecule has 5 rings (SSSR count). The zero-order valence-corrected chi connectivity index (χ0v) is 16.6. The van der Waals surface area contributed by atoms with Crippen molar-refractivity contribution in [3.05, 3.63) is 82.8 Å². The SMILES string of the molecule is Cc1ccccc1Oc1cccc2c(C3=Cc4nccc(C(=O)O)c4C3)nn(C)c12. The lowest BCUT2D eigenvalue weighted by molar-refractivity contribution is 0.0695. The third-order valence-electron chi connectivity index (χ3n) is 5.44. The van der Waals surface area contributed by atoms with Crippen LogP contribution in [0.25, 0.3) is 22.6 Å². The zero-order valence-electron chi connectivity index (χ0n) is 16.6. The summed E-state index contributed by atoms with van der Waals surface area (Å²) in [5.74, 6) is 0.585. The highest BCUT2D eigenvalue weighted by Gasteiger charge is 2.25. The highest BCUT2D eigenvalue weighted by molar-refractivity contribution is 6.01. The molecular formula is C24H19N3O3. The molecule has 0 aliphatic heterocycles. The van der Waals surface area contributed by atoms with Crippen molar-refractivity contribution < 1.29 is 14.6 Å². The van der Waals surface area contributed by atoms with Crippen molar-refractivity contribution in [2.24, 2.45) is 7.05 Å². The van der Waals surface area contributed by atoms with Gasteiger partial charge in [-0.15, -0.1) is 0 Å². The van der Waals surface area contributed by atoms with Crippen LogP contribution in [0.3, 0.4) is 0 Å². The fourth-order valence-electron chi connectivity index (χ4n) is 3.99. The monoisotopic (exact) mass is 397 g/mol. The first kappa shape index (κ1) is 18.1. The van der Waals surface area contributed by atoms with Crippen molar-refractivity contribution in [2.75, 3.05) is 0 Å². The van der Waals surface area contributed by atoms with E-state index in [9.17, 15) is 9.90 Å². The summed E-state index contributed by atoms with van der Waals surface area (Å²) < 4.78 is 8.03. The number of benzene rings is 2. The Morgan fingerprint density at radius 3 is 2.70 bits per heavy atom. The number of aromatic nitrogens is 3. The number of aromatic carboxylic acids is 1. The van der Waals surface area contributed by atoms with E-state index >= 15 is 0 Å². The van der Waals surface area contributed by atoms with Crippen molar-refractivity contribution in [1.82, 2.24) is 14.8 Å². The number of carboxylic acids is 1. The smallest absolute Gasteiger partial charge is 0.336 e. The maximum Gasteiger partial charge on any atom is 0.336 e. The van der Waals surface area contributed by atoms with Gasteiger partial charge in [0.25, 0.3) is 0 Å². The second-order valence-corrected chi connectivity index (χ2v) is 7.37. The molecule has 0 saturated heterocycles. The molecule has 0 spiro atoms. The van der Waals surface area contributed by atoms with E-state index in [1.165, 1.54) is 6.20 Å². The number of carboxylic acid groups (broad SMARTS) is 1. The van der Waals surface area contributed by atoms with Crippen LogP contribution in [0.1, 0.15) is 32.9 Å². The second-order valence-electron chi connectivity index (χ2n) is 7.37. The maximum atomic E-state index is 11.6. The summed E-state index contributed by atoms with van der Waals surface area (Å²) in [5, 5.41) is 15.2. The predicted octanol–water partition coefficient (Wildman–Crippen LogP) is 4.86. The predicted molar refractivity (Wildman–Crippen MR) is 115 cm³/mol. The molecule has 0 fully saturated rings. The molecule has 148 valence electrons. The molecule has 1 N–H and O–H groups in total. The van der Waals surface area contributed by atoms with E-state index in [0.717, 1.165) is 44.8 Å². The molecular weight excluding hydrogens is 378 g/mol. The van der Waals surface area contributed by atoms with Gasteiger partial charge in [-0.3, -0.25) is 9.67 Å². The molecule has 0 saturated carbocycles. The van der Waals surface area contributed by atoms with Gasteiger partial charge in [0.05, 0.1) is 17.0 Å². The van der Waals surface area contributed by atoms with Crippen molar-refractivity contribution in [3.63, 3.8) is 0 Å². The minimum absolute atomic E-state index is 0.287. The molecule has 4 aromatic rings. The molecule has 0 radical (unpaired) electrons. The van der Waals surface area contributed by atoms with Crippen LogP contribution in [0.15, 0.2) is 54.7 Å². The minimum atomic E-state index is -0.942. The quantitative estimate of drug-likeness (QED) is 0.532. The summed E-state index contributed by atoms with van der Waals surface area (Å²) in [6, 6.07) is 15.3. The summed E-state index contributed by atoms with van der Waals surface area (Å²) in [5.41, 5.74) is 5.41. The Labute approximate surface area is 173 Å². The van der Waals surface area contributed by atoms with Crippen LogP contribution in [0.2, 0.25) is 0 Å². The number of nitrogens with zero attached hydrogens (tertiary/aromatic N) is 3. The van der Waals surface area contributed by atoms with Crippen molar-refractivity contribution in [1.29, 1.82) is 0 Å². The number of hydrogen-bond donors (Lipinski definition) is 1. The molecule has 30 heavy (non-hydrogen) atoms. The van der Waals surface area contributed by atoms with Crippen LogP contribution in [0.5, 0.6) is 11.5 Å². The Kier molecular flexibility index (Phi) is 4.13. The first-order chi connectivity index (χ1) is 14.5. The topological polar surface area (TPSA) is 77.2 Å². The van der Waals surface area contributed by atoms with E-state index in [0.29, 0.717) is 12.1 Å². The largest absolute Gasteiger partial charge is 0.478 e. The van der Waals surface area contributed by atoms with Crippen LogP contribution in [0, 0.1) is 6.92 Å². The van der Waals surface area contributed by atoms with Gasteiger partial charge in [0.2, 0.25) is 0 Å². The normalized spacial score (nSPS) is 12.7. The van der Waals surface area contributed by atoms with E-state index in [4.69, 9.17) is 9.84 Å². The van der Waals surface area contributed by atoms with Crippen LogP contribution >= 0.6 is 0 Å². The minimum Gasteiger partial charge on any atom is -0.478 e. The average molecular weight is 397 g/mol. The highest BCUT2D eigenvalue weighted by Crippen LogP contribution is 2.38. The number of aryl methyl sites for hydroxylation is 2. The van der Waals surface area contributed by atoms with Crippen LogP contribution < -0.4 is 4.74 Å². The number of pyridine rings is 1. The van der Waals surface area contributed by atoms with Gasteiger partial charge in [-0.2, -0.15) is 5.10 Å². The lowest BCUT2D eigenvalue weighted by atomic mass is 10.0. The number of rotatable bonds is 4. The summed E-state index contributed by atoms with van der Waals surface area (Å²) in [4.78, 5) is 15.9. The van der Waals surface area contributed by atoms with Gasteiger partial charge in [0.1, 0.15) is 11.3 Å². The zero-order chi connectivity index (χ0) is 20.8. The van der Waals surface area contributed by atoms with E-state index in [2.05, 4.69) is 4.98 Å². The number of hydrogen-bond acceptors (Lipinski definition) is 4. The fourth-order valence-corrected chi connectivity index (χ4v) is 3.99. The molecule has 6 nitrogen and oxygen atoms in total. The molecule has 6 heteroatoms. The average Bonchev–Trinajstić information content (AvgIpc) is 3.31. The first-order valence-electron chi connectivity index (χ1n) is 9.64. The van der Waals surface area contributed by atoms with Crippen LogP contribution in [-0.2, 0) is 13.5 Å². The highest BCUT2D eigenvalue weighted by atomic mass is 16.5. The van der Waals surface area contributed by atoms with E-state index < -0.39 is 5.97 Å². The van der Waals surface area contributed by atoms with Gasteiger partial charge >= 0.3 is 5.97 Å². The van der Waals surface area contributed by atoms with Gasteiger partial charge in [-0.25, -0.2) is 4.79 Å². The number of fused-ring (bicyclic) bond motifs is 2. The van der Waals surface area contributed by atoms with Crippen LogP contribution in [0.4, 0.5) is 0 Å². The Morgan fingerprint density at radius 1 is 1.10 bits per heavy atom. The molecule has 0 amide bonds. The van der Waals surface area contributed by atoms with E-state index in [-0.39, 0.29) is 5.56 Å². The molecule has 0 atom stereocenters. The van der Waals surface area contributed by atoms with Crippen molar-refractivity contribution in [3.8, 4) is 11.5 Å². The summed E-state index contributed by atoms with van der Waals surface area (Å²) >= 11 is 0. The Morgan fingerprint density at radius 2 is 1.90 bits per heavy atom. The Bertz CT molecular complexity index is 1350. The Hall–Kier alpha value is -3.93. The molecule has 2 aromatic heterocycles. The third kappa shape index (κ3) is 2.85.